The van der Waals surface area contributed by atoms with E-state index < -0.39 is 126 Å². The van der Waals surface area contributed by atoms with Crippen LogP contribution in [-0.4, -0.2) is 116 Å². The third-order valence-electron chi connectivity index (χ3n) is 13.0. The number of rotatable bonds is 10. The standard InChI is InChI=1S/C46H49NO15/c1-24-30(60-42(55)35(51)34(27-15-9-6-10-16-27)47-40(53)28-17-11-7-12-18-28)22-45(56)39(61-41(54)29-19-13-8-14-20-29)37-44(62-26(3)49)23-58-32(44)21-31(50)46(37,57)38(52)36(59-25(2)48)33(24)43(45,4)5/h6-20,30-32,34-37,39,50-51,56-57H,21-23H2,1-5H3,(H,47,53)/t30-,31-,32+,34-,35+,36+,37+,39-,44-,45+,46-/m0/s1. The summed E-state index contributed by atoms with van der Waals surface area (Å²) in [6.45, 7) is 6.00. The molecule has 7 rings (SSSR count). The molecule has 2 saturated carbocycles. The number of nitrogens with one attached hydrogen (secondary N) is 1. The highest BCUT2D eigenvalue weighted by atomic mass is 16.6. The van der Waals surface area contributed by atoms with Crippen molar-refractivity contribution in [3.63, 3.8) is 0 Å². The van der Waals surface area contributed by atoms with E-state index in [1.54, 1.807) is 78.9 Å². The molecule has 0 spiro atoms. The van der Waals surface area contributed by atoms with E-state index in [-0.39, 0.29) is 22.3 Å². The quantitative estimate of drug-likeness (QED) is 0.112. The van der Waals surface area contributed by atoms with Crippen molar-refractivity contribution in [1.29, 1.82) is 0 Å². The summed E-state index contributed by atoms with van der Waals surface area (Å²) in [5.74, 6) is -8.14. The first-order chi connectivity index (χ1) is 29.3. The minimum Gasteiger partial charge on any atom is -0.456 e. The lowest BCUT2D eigenvalue weighted by molar-refractivity contribution is -0.356. The van der Waals surface area contributed by atoms with Crippen LogP contribution in [0.25, 0.3) is 0 Å². The molecule has 0 unspecified atom stereocenters. The minimum absolute atomic E-state index is 0.0127. The van der Waals surface area contributed by atoms with Crippen LogP contribution >= 0.6 is 0 Å². The molecule has 3 fully saturated rings. The van der Waals surface area contributed by atoms with E-state index in [9.17, 15) is 44.4 Å². The van der Waals surface area contributed by atoms with Gasteiger partial charge in [-0.3, -0.25) is 19.2 Å². The number of Topliss-reactive ketones (excluding diaryl/α,β-unsaturated/α-hetero) is 1. The van der Waals surface area contributed by atoms with Crippen molar-refractivity contribution in [3.05, 3.63) is 119 Å². The summed E-state index contributed by atoms with van der Waals surface area (Å²) in [5, 5.41) is 52.7. The van der Waals surface area contributed by atoms with Gasteiger partial charge in [0.1, 0.15) is 23.9 Å². The van der Waals surface area contributed by atoms with Gasteiger partial charge in [0, 0.05) is 37.7 Å². The number of ketones is 1. The normalized spacial score (nSPS) is 31.9. The summed E-state index contributed by atoms with van der Waals surface area (Å²) in [4.78, 5) is 82.9. The van der Waals surface area contributed by atoms with Gasteiger partial charge in [-0.05, 0) is 47.9 Å². The Labute approximate surface area is 356 Å². The van der Waals surface area contributed by atoms with Crippen LogP contribution in [0.5, 0.6) is 0 Å². The zero-order chi connectivity index (χ0) is 44.9. The third-order valence-corrected chi connectivity index (χ3v) is 13.0. The van der Waals surface area contributed by atoms with Gasteiger partial charge in [0.25, 0.3) is 5.91 Å². The smallest absolute Gasteiger partial charge is 0.338 e. The molecule has 16 heteroatoms. The lowest BCUT2D eigenvalue weighted by Crippen LogP contribution is -2.84. The summed E-state index contributed by atoms with van der Waals surface area (Å²) in [5.41, 5.74) is -8.94. The van der Waals surface area contributed by atoms with Crippen molar-refractivity contribution in [1.82, 2.24) is 5.32 Å². The molecule has 3 aliphatic carbocycles. The van der Waals surface area contributed by atoms with Crippen LogP contribution in [0.4, 0.5) is 0 Å². The maximum absolute atomic E-state index is 15.2. The first-order valence-corrected chi connectivity index (χ1v) is 20.2. The number of aliphatic hydroxyl groups excluding tert-OH is 2. The zero-order valence-electron chi connectivity index (χ0n) is 34.7. The van der Waals surface area contributed by atoms with Gasteiger partial charge in [-0.1, -0.05) is 80.6 Å². The number of aliphatic hydroxyl groups is 4. The Balaban J connectivity index is 1.39. The zero-order valence-corrected chi connectivity index (χ0v) is 34.7. The van der Waals surface area contributed by atoms with Crippen molar-refractivity contribution in [2.75, 3.05) is 6.61 Å². The highest BCUT2D eigenvalue weighted by Gasteiger charge is 2.79. The van der Waals surface area contributed by atoms with Crippen LogP contribution in [0, 0.1) is 11.3 Å². The number of esters is 4. The molecule has 0 aromatic heterocycles. The van der Waals surface area contributed by atoms with E-state index in [0.717, 1.165) is 13.8 Å². The van der Waals surface area contributed by atoms with Crippen LogP contribution in [0.15, 0.2) is 102 Å². The van der Waals surface area contributed by atoms with Crippen molar-refractivity contribution in [3.8, 4) is 0 Å². The Morgan fingerprint density at radius 2 is 1.40 bits per heavy atom. The molecule has 4 aliphatic rings. The number of hydrogen-bond acceptors (Lipinski definition) is 15. The Morgan fingerprint density at radius 3 is 1.95 bits per heavy atom. The highest BCUT2D eigenvalue weighted by Crippen LogP contribution is 2.62. The highest BCUT2D eigenvalue weighted by molar-refractivity contribution is 5.98. The molecule has 3 aromatic carbocycles. The fraction of sp³-hybridized carbons (Fsp3) is 0.435. The first kappa shape index (κ1) is 44.3. The second-order valence-electron chi connectivity index (χ2n) is 16.9. The van der Waals surface area contributed by atoms with E-state index in [2.05, 4.69) is 5.32 Å². The van der Waals surface area contributed by atoms with E-state index in [1.165, 1.54) is 32.9 Å². The Morgan fingerprint density at radius 1 is 0.823 bits per heavy atom. The second-order valence-corrected chi connectivity index (χ2v) is 16.9. The van der Waals surface area contributed by atoms with Gasteiger partial charge >= 0.3 is 23.9 Å². The molecule has 2 bridgehead atoms. The monoisotopic (exact) mass is 855 g/mol. The average Bonchev–Trinajstić information content (AvgIpc) is 3.24. The minimum atomic E-state index is -3.05. The summed E-state index contributed by atoms with van der Waals surface area (Å²) < 4.78 is 29.6. The summed E-state index contributed by atoms with van der Waals surface area (Å²) in [7, 11) is 0. The van der Waals surface area contributed by atoms with Gasteiger partial charge in [-0.2, -0.15) is 0 Å². The second kappa shape index (κ2) is 16.5. The topological polar surface area (TPSA) is 242 Å². The number of ether oxygens (including phenoxy) is 5. The fourth-order valence-electron chi connectivity index (χ4n) is 9.83. The largest absolute Gasteiger partial charge is 0.456 e. The van der Waals surface area contributed by atoms with Gasteiger partial charge in [-0.25, -0.2) is 9.59 Å². The van der Waals surface area contributed by atoms with Gasteiger partial charge in [0.2, 0.25) is 5.78 Å². The molecule has 0 radical (unpaired) electrons. The van der Waals surface area contributed by atoms with Gasteiger partial charge in [0.15, 0.2) is 23.4 Å². The molecular formula is C46H49NO15. The molecule has 328 valence electrons. The number of hydrogen-bond donors (Lipinski definition) is 5. The molecule has 3 aromatic rings. The number of amides is 1. The van der Waals surface area contributed by atoms with Crippen molar-refractivity contribution in [2.24, 2.45) is 11.3 Å². The Kier molecular flexibility index (Phi) is 11.8. The molecule has 11 atom stereocenters. The summed E-state index contributed by atoms with van der Waals surface area (Å²) in [6.07, 6.45) is -12.1. The lowest BCUT2D eigenvalue weighted by atomic mass is 9.47. The SMILES string of the molecule is CC(=O)O[C@H]1C(=O)[C@@]2(O)[C@H]([C@H](OC(=O)c3ccccc3)[C@]3(O)C[C@H](OC(=O)[C@H](O)[C@@H](NC(=O)c4ccccc4)c4ccccc4)C(C)=C1C3(C)C)[C@]1(OC(C)=O)CO[C@@H]1C[C@@H]2O. The predicted octanol–water partition coefficient (Wildman–Crippen LogP) is 2.46. The Bertz CT molecular complexity index is 2280. The molecule has 62 heavy (non-hydrogen) atoms. The van der Waals surface area contributed by atoms with Crippen LogP contribution in [0.1, 0.15) is 79.8 Å². The van der Waals surface area contributed by atoms with Gasteiger partial charge in [-0.15, -0.1) is 0 Å². The molecular weight excluding hydrogens is 806 g/mol. The van der Waals surface area contributed by atoms with Crippen LogP contribution < -0.4 is 5.32 Å². The number of benzene rings is 3. The molecule has 5 N–H and O–H groups in total. The third kappa shape index (κ3) is 7.28. The number of fused-ring (bicyclic) bond motifs is 5. The van der Waals surface area contributed by atoms with Crippen molar-refractivity contribution < 1.29 is 72.9 Å². The van der Waals surface area contributed by atoms with Crippen LogP contribution in [0.3, 0.4) is 0 Å². The molecule has 1 aliphatic heterocycles. The van der Waals surface area contributed by atoms with Crippen molar-refractivity contribution >= 4 is 35.6 Å². The van der Waals surface area contributed by atoms with E-state index in [1.807, 2.05) is 0 Å². The maximum atomic E-state index is 15.2. The molecule has 1 heterocycles. The molecule has 1 amide bonds. The Hall–Kier alpha value is -5.78. The van der Waals surface area contributed by atoms with Crippen LogP contribution in [0.2, 0.25) is 0 Å². The molecule has 16 nitrogen and oxygen atoms in total. The molecule has 1 saturated heterocycles. The number of carbonyl (C=O) groups excluding carboxylic acids is 6. The predicted molar refractivity (Wildman–Crippen MR) is 215 cm³/mol. The summed E-state index contributed by atoms with van der Waals surface area (Å²) in [6, 6.07) is 22.5. The average molecular weight is 856 g/mol. The van der Waals surface area contributed by atoms with Crippen molar-refractivity contribution in [2.45, 2.75) is 107 Å². The van der Waals surface area contributed by atoms with Crippen LogP contribution in [-0.2, 0) is 42.9 Å². The summed E-state index contributed by atoms with van der Waals surface area (Å²) >= 11 is 0. The number of carbonyl (C=O) groups is 6. The van der Waals surface area contributed by atoms with Gasteiger partial charge in [0.05, 0.1) is 30.2 Å². The maximum Gasteiger partial charge on any atom is 0.338 e. The van der Waals surface area contributed by atoms with E-state index in [0.29, 0.717) is 5.56 Å². The lowest BCUT2D eigenvalue weighted by Gasteiger charge is -2.66. The van der Waals surface area contributed by atoms with Gasteiger partial charge < -0.3 is 49.4 Å². The van der Waals surface area contributed by atoms with E-state index in [4.69, 9.17) is 23.7 Å². The first-order valence-electron chi connectivity index (χ1n) is 20.2. The van der Waals surface area contributed by atoms with E-state index >= 15 is 4.79 Å². The fourth-order valence-corrected chi connectivity index (χ4v) is 9.83.